The number of esters is 1. The van der Waals surface area contributed by atoms with Crippen molar-refractivity contribution in [2.45, 2.75) is 45.4 Å². The van der Waals surface area contributed by atoms with Gasteiger partial charge in [0.05, 0.1) is 13.0 Å². The van der Waals surface area contributed by atoms with Crippen LogP contribution in [0.3, 0.4) is 0 Å². The Labute approximate surface area is 86.0 Å². The molecule has 0 spiro atoms. The van der Waals surface area contributed by atoms with Gasteiger partial charge >= 0.3 is 5.97 Å². The van der Waals surface area contributed by atoms with Crippen LogP contribution >= 0.6 is 0 Å². The maximum Gasteiger partial charge on any atom is 0.308 e. The first-order chi connectivity index (χ1) is 6.65. The van der Waals surface area contributed by atoms with Crippen molar-refractivity contribution in [2.75, 3.05) is 7.11 Å². The van der Waals surface area contributed by atoms with Gasteiger partial charge in [-0.15, -0.1) is 0 Å². The predicted octanol–water partition coefficient (Wildman–Crippen LogP) is 2.77. The lowest BCUT2D eigenvalue weighted by Gasteiger charge is -2.28. The first-order valence-corrected chi connectivity index (χ1v) is 5.73. The van der Waals surface area contributed by atoms with E-state index < -0.39 is 0 Å². The van der Waals surface area contributed by atoms with Gasteiger partial charge in [0.2, 0.25) is 0 Å². The molecule has 0 aliphatic heterocycles. The van der Waals surface area contributed by atoms with Crippen molar-refractivity contribution < 1.29 is 9.53 Å². The molecule has 0 aromatic heterocycles. The van der Waals surface area contributed by atoms with Gasteiger partial charge in [-0.1, -0.05) is 6.92 Å². The van der Waals surface area contributed by atoms with Gasteiger partial charge in [-0.05, 0) is 49.9 Å². The second kappa shape index (κ2) is 3.56. The number of carbonyl (C=O) groups is 1. The summed E-state index contributed by atoms with van der Waals surface area (Å²) >= 11 is 0. The van der Waals surface area contributed by atoms with Crippen LogP contribution in [0.1, 0.15) is 45.4 Å². The monoisotopic (exact) mass is 196 g/mol. The molecular formula is C12H20O2. The highest BCUT2D eigenvalue weighted by atomic mass is 16.5. The predicted molar refractivity (Wildman–Crippen MR) is 54.8 cm³/mol. The topological polar surface area (TPSA) is 26.3 Å². The van der Waals surface area contributed by atoms with E-state index in [4.69, 9.17) is 4.74 Å². The van der Waals surface area contributed by atoms with E-state index >= 15 is 0 Å². The Morgan fingerprint density at radius 2 is 2.14 bits per heavy atom. The summed E-state index contributed by atoms with van der Waals surface area (Å²) in [5, 5.41) is 0. The van der Waals surface area contributed by atoms with Crippen molar-refractivity contribution in [3.63, 3.8) is 0 Å². The molecule has 0 heterocycles. The summed E-state index contributed by atoms with van der Waals surface area (Å²) in [6.45, 7) is 2.01. The molecule has 0 amide bonds. The molecule has 14 heavy (non-hydrogen) atoms. The molecule has 0 aromatic rings. The Balaban J connectivity index is 1.93. The Morgan fingerprint density at radius 1 is 1.50 bits per heavy atom. The van der Waals surface area contributed by atoms with Crippen molar-refractivity contribution in [2.24, 2.45) is 17.3 Å². The zero-order valence-corrected chi connectivity index (χ0v) is 9.21. The summed E-state index contributed by atoms with van der Waals surface area (Å²) in [5.74, 6) is 1.03. The molecule has 2 nitrogen and oxygen atoms in total. The van der Waals surface area contributed by atoms with Gasteiger partial charge in [-0.25, -0.2) is 0 Å². The van der Waals surface area contributed by atoms with Crippen molar-refractivity contribution in [3.05, 3.63) is 0 Å². The van der Waals surface area contributed by atoms with Gasteiger partial charge in [0.25, 0.3) is 0 Å². The minimum Gasteiger partial charge on any atom is -0.469 e. The maximum absolute atomic E-state index is 11.3. The van der Waals surface area contributed by atoms with Crippen molar-refractivity contribution >= 4 is 5.97 Å². The molecule has 0 aromatic carbocycles. The van der Waals surface area contributed by atoms with Crippen LogP contribution in [0.2, 0.25) is 0 Å². The smallest absolute Gasteiger partial charge is 0.308 e. The molecule has 2 rings (SSSR count). The summed E-state index contributed by atoms with van der Waals surface area (Å²) in [4.78, 5) is 11.3. The summed E-state index contributed by atoms with van der Waals surface area (Å²) in [6, 6.07) is 0. The Kier molecular flexibility index (Phi) is 2.54. The number of fused-ring (bicyclic) bond motifs is 2. The van der Waals surface area contributed by atoms with Crippen LogP contribution in [0.25, 0.3) is 0 Å². The lowest BCUT2D eigenvalue weighted by atomic mass is 9.77. The molecule has 2 fully saturated rings. The molecule has 2 aliphatic rings. The van der Waals surface area contributed by atoms with Gasteiger partial charge in [0, 0.05) is 0 Å². The molecule has 1 atom stereocenters. The van der Waals surface area contributed by atoms with Crippen LogP contribution in [0.15, 0.2) is 0 Å². The minimum absolute atomic E-state index is 0.0327. The molecule has 2 heteroatoms. The SMILES string of the molecule is COC(=O)C(C)CC12CCC(CC1)C2. The number of methoxy groups -OCH3 is 1. The number of rotatable bonds is 3. The maximum atomic E-state index is 11.3. The molecule has 2 bridgehead atoms. The fraction of sp³-hybridized carbons (Fsp3) is 0.917. The lowest BCUT2D eigenvalue weighted by molar-refractivity contribution is -0.146. The quantitative estimate of drug-likeness (QED) is 0.649. The molecule has 0 saturated heterocycles. The first kappa shape index (κ1) is 10.0. The number of carbonyl (C=O) groups excluding carboxylic acids is 1. The van der Waals surface area contributed by atoms with E-state index in [9.17, 15) is 4.79 Å². The van der Waals surface area contributed by atoms with Crippen LogP contribution in [0.5, 0.6) is 0 Å². The second-order valence-corrected chi connectivity index (χ2v) is 5.28. The van der Waals surface area contributed by atoms with Crippen molar-refractivity contribution in [1.29, 1.82) is 0 Å². The van der Waals surface area contributed by atoms with Crippen molar-refractivity contribution in [1.82, 2.24) is 0 Å². The van der Waals surface area contributed by atoms with E-state index in [1.165, 1.54) is 39.2 Å². The van der Waals surface area contributed by atoms with E-state index in [1.807, 2.05) is 6.92 Å². The number of hydrogen-bond acceptors (Lipinski definition) is 2. The highest BCUT2D eigenvalue weighted by Crippen LogP contribution is 2.57. The van der Waals surface area contributed by atoms with Crippen LogP contribution in [0, 0.1) is 17.3 Å². The standard InChI is InChI=1S/C12H20O2/c1-9(11(13)14-2)7-12-5-3-10(8-12)4-6-12/h9-10H,3-8H2,1-2H3. The number of ether oxygens (including phenoxy) is 1. The van der Waals surface area contributed by atoms with Crippen LogP contribution in [0.4, 0.5) is 0 Å². The third-order valence-corrected chi connectivity index (χ3v) is 4.23. The fourth-order valence-corrected chi connectivity index (χ4v) is 3.53. The molecule has 0 N–H and O–H groups in total. The Morgan fingerprint density at radius 3 is 2.57 bits per heavy atom. The summed E-state index contributed by atoms with van der Waals surface area (Å²) in [6.07, 6.45) is 7.91. The zero-order chi connectivity index (χ0) is 10.2. The molecular weight excluding hydrogens is 176 g/mol. The fourth-order valence-electron chi connectivity index (χ4n) is 3.53. The summed E-state index contributed by atoms with van der Waals surface area (Å²) < 4.78 is 4.79. The molecule has 0 radical (unpaired) electrons. The zero-order valence-electron chi connectivity index (χ0n) is 9.21. The first-order valence-electron chi connectivity index (χ1n) is 5.73. The average Bonchev–Trinajstić information content (AvgIpc) is 2.75. The van der Waals surface area contributed by atoms with E-state index in [2.05, 4.69) is 0 Å². The highest BCUT2D eigenvalue weighted by Gasteiger charge is 2.45. The van der Waals surface area contributed by atoms with Crippen molar-refractivity contribution in [3.8, 4) is 0 Å². The van der Waals surface area contributed by atoms with E-state index in [0.29, 0.717) is 5.41 Å². The number of hydrogen-bond donors (Lipinski definition) is 0. The van der Waals surface area contributed by atoms with E-state index in [1.54, 1.807) is 0 Å². The lowest BCUT2D eigenvalue weighted by Crippen LogP contribution is -2.23. The molecule has 80 valence electrons. The Bertz CT molecular complexity index is 226. The van der Waals surface area contributed by atoms with Gasteiger partial charge in [-0.2, -0.15) is 0 Å². The highest BCUT2D eigenvalue weighted by molar-refractivity contribution is 5.71. The van der Waals surface area contributed by atoms with Gasteiger partial charge in [-0.3, -0.25) is 4.79 Å². The van der Waals surface area contributed by atoms with Crippen LogP contribution in [-0.2, 0) is 9.53 Å². The van der Waals surface area contributed by atoms with Crippen LogP contribution in [-0.4, -0.2) is 13.1 Å². The normalized spacial score (nSPS) is 37.1. The Hall–Kier alpha value is -0.530. The molecule has 2 saturated carbocycles. The van der Waals surface area contributed by atoms with E-state index in [-0.39, 0.29) is 11.9 Å². The van der Waals surface area contributed by atoms with Crippen LogP contribution < -0.4 is 0 Å². The molecule has 2 aliphatic carbocycles. The average molecular weight is 196 g/mol. The molecule has 1 unspecified atom stereocenters. The summed E-state index contributed by atoms with van der Waals surface area (Å²) in [7, 11) is 1.49. The third-order valence-electron chi connectivity index (χ3n) is 4.23. The van der Waals surface area contributed by atoms with E-state index in [0.717, 1.165) is 12.3 Å². The largest absolute Gasteiger partial charge is 0.469 e. The van der Waals surface area contributed by atoms with Gasteiger partial charge < -0.3 is 4.74 Å². The minimum atomic E-state index is -0.0327. The summed E-state index contributed by atoms with van der Waals surface area (Å²) in [5.41, 5.74) is 0.512. The van der Waals surface area contributed by atoms with Gasteiger partial charge in [0.1, 0.15) is 0 Å². The second-order valence-electron chi connectivity index (χ2n) is 5.28. The van der Waals surface area contributed by atoms with Gasteiger partial charge in [0.15, 0.2) is 0 Å². The third kappa shape index (κ3) is 1.67.